The molecule has 0 radical (unpaired) electrons. The van der Waals surface area contributed by atoms with Gasteiger partial charge in [0.1, 0.15) is 11.2 Å². The van der Waals surface area contributed by atoms with Crippen molar-refractivity contribution in [3.8, 4) is 0 Å². The zero-order chi connectivity index (χ0) is 10.7. The van der Waals surface area contributed by atoms with Crippen LogP contribution in [-0.4, -0.2) is 20.4 Å². The number of aromatic nitrogens is 2. The van der Waals surface area contributed by atoms with E-state index >= 15 is 0 Å². The molecule has 0 aromatic carbocycles. The highest BCUT2D eigenvalue weighted by Gasteiger charge is 2.12. The number of aromatic carboxylic acids is 1. The van der Waals surface area contributed by atoms with Crippen LogP contribution in [0.4, 0.5) is 0 Å². The minimum atomic E-state index is -0.863. The number of carboxylic acids is 1. The summed E-state index contributed by atoms with van der Waals surface area (Å²) in [6, 6.07) is 1.84. The van der Waals surface area contributed by atoms with Crippen LogP contribution in [0.2, 0.25) is 0 Å². The Kier molecular flexibility index (Phi) is 3.34. The van der Waals surface area contributed by atoms with Gasteiger partial charge in [-0.2, -0.15) is 4.37 Å². The third kappa shape index (κ3) is 2.55. The lowest BCUT2D eigenvalue weighted by molar-refractivity contribution is 0.0701. The zero-order valence-corrected chi connectivity index (χ0v) is 9.86. The standard InChI is InChI=1S/C8H6N2O2S3/c11-7(12)6-5(1-2-13-6)3-14-8-9-4-10-15-8/h1-2,4H,3H2,(H,11,12). The van der Waals surface area contributed by atoms with E-state index in [-0.39, 0.29) is 0 Å². The predicted octanol–water partition coefficient (Wildman–Crippen LogP) is 2.59. The van der Waals surface area contributed by atoms with Gasteiger partial charge in [0.25, 0.3) is 0 Å². The van der Waals surface area contributed by atoms with E-state index in [1.165, 1.54) is 41.0 Å². The van der Waals surface area contributed by atoms with E-state index in [2.05, 4.69) is 9.36 Å². The second kappa shape index (κ2) is 4.73. The Bertz CT molecular complexity index is 452. The Labute approximate surface area is 98.2 Å². The summed E-state index contributed by atoms with van der Waals surface area (Å²) in [6.07, 6.45) is 1.50. The second-order valence-corrected chi connectivity index (χ2v) is 5.49. The van der Waals surface area contributed by atoms with Crippen LogP contribution in [0.25, 0.3) is 0 Å². The summed E-state index contributed by atoms with van der Waals surface area (Å²) in [5.74, 6) is -0.238. The van der Waals surface area contributed by atoms with E-state index in [1.807, 2.05) is 6.07 Å². The molecule has 0 aliphatic heterocycles. The van der Waals surface area contributed by atoms with Gasteiger partial charge in [-0.05, 0) is 28.5 Å². The third-order valence-electron chi connectivity index (χ3n) is 1.63. The maximum atomic E-state index is 10.8. The molecule has 0 bridgehead atoms. The van der Waals surface area contributed by atoms with Gasteiger partial charge in [-0.1, -0.05) is 11.8 Å². The molecule has 0 saturated heterocycles. The molecule has 2 heterocycles. The van der Waals surface area contributed by atoms with Crippen molar-refractivity contribution in [2.75, 3.05) is 0 Å². The monoisotopic (exact) mass is 258 g/mol. The molecule has 15 heavy (non-hydrogen) atoms. The molecule has 7 heteroatoms. The highest BCUT2D eigenvalue weighted by atomic mass is 32.2. The predicted molar refractivity (Wildman–Crippen MR) is 60.7 cm³/mol. The molecule has 0 aliphatic rings. The van der Waals surface area contributed by atoms with Crippen molar-refractivity contribution >= 4 is 40.6 Å². The zero-order valence-electron chi connectivity index (χ0n) is 7.41. The summed E-state index contributed by atoms with van der Waals surface area (Å²) < 4.78 is 4.73. The summed E-state index contributed by atoms with van der Waals surface area (Å²) in [7, 11) is 0. The van der Waals surface area contributed by atoms with Crippen LogP contribution in [-0.2, 0) is 5.75 Å². The van der Waals surface area contributed by atoms with Gasteiger partial charge in [0, 0.05) is 5.75 Å². The van der Waals surface area contributed by atoms with E-state index in [4.69, 9.17) is 5.11 Å². The van der Waals surface area contributed by atoms with Crippen molar-refractivity contribution in [1.82, 2.24) is 9.36 Å². The fourth-order valence-electron chi connectivity index (χ4n) is 1.00. The average molecular weight is 258 g/mol. The van der Waals surface area contributed by atoms with Gasteiger partial charge in [0.15, 0.2) is 4.34 Å². The number of thioether (sulfide) groups is 1. The Hall–Kier alpha value is -0.920. The minimum Gasteiger partial charge on any atom is -0.477 e. The highest BCUT2D eigenvalue weighted by Crippen LogP contribution is 2.27. The van der Waals surface area contributed by atoms with Gasteiger partial charge in [-0.15, -0.1) is 11.3 Å². The molecule has 0 aliphatic carbocycles. The van der Waals surface area contributed by atoms with Gasteiger partial charge in [-0.25, -0.2) is 9.78 Å². The van der Waals surface area contributed by atoms with Crippen LogP contribution in [0.5, 0.6) is 0 Å². The molecule has 2 aromatic rings. The van der Waals surface area contributed by atoms with Crippen LogP contribution in [0.3, 0.4) is 0 Å². The van der Waals surface area contributed by atoms with E-state index in [1.54, 1.807) is 5.38 Å². The topological polar surface area (TPSA) is 63.1 Å². The van der Waals surface area contributed by atoms with Gasteiger partial charge < -0.3 is 5.11 Å². The molecule has 0 unspecified atom stereocenters. The van der Waals surface area contributed by atoms with Crippen molar-refractivity contribution in [2.45, 2.75) is 10.1 Å². The van der Waals surface area contributed by atoms with E-state index in [0.29, 0.717) is 10.6 Å². The third-order valence-corrected chi connectivity index (χ3v) is 4.42. The molecule has 78 valence electrons. The summed E-state index contributed by atoms with van der Waals surface area (Å²) in [5, 5.41) is 10.7. The van der Waals surface area contributed by atoms with Crippen molar-refractivity contribution < 1.29 is 9.90 Å². The van der Waals surface area contributed by atoms with Crippen LogP contribution in [0, 0.1) is 0 Å². The number of hydrogen-bond donors (Lipinski definition) is 1. The lowest BCUT2D eigenvalue weighted by atomic mass is 10.3. The first-order valence-electron chi connectivity index (χ1n) is 3.96. The molecular weight excluding hydrogens is 252 g/mol. The summed E-state index contributed by atoms with van der Waals surface area (Å²) in [6.45, 7) is 0. The molecule has 0 atom stereocenters. The lowest BCUT2D eigenvalue weighted by Gasteiger charge is -1.96. The maximum Gasteiger partial charge on any atom is 0.346 e. The molecule has 4 nitrogen and oxygen atoms in total. The first-order valence-corrected chi connectivity index (χ1v) is 6.60. The van der Waals surface area contributed by atoms with Crippen molar-refractivity contribution in [2.24, 2.45) is 0 Å². The fraction of sp³-hybridized carbons (Fsp3) is 0.125. The molecular formula is C8H6N2O2S3. The molecule has 0 fully saturated rings. The number of carbonyl (C=O) groups is 1. The Balaban J connectivity index is 2.05. The molecule has 0 saturated carbocycles. The number of hydrogen-bond acceptors (Lipinski definition) is 6. The second-order valence-electron chi connectivity index (χ2n) is 2.58. The number of rotatable bonds is 4. The Morgan fingerprint density at radius 2 is 2.47 bits per heavy atom. The van der Waals surface area contributed by atoms with Gasteiger partial charge in [0.05, 0.1) is 0 Å². The summed E-state index contributed by atoms with van der Waals surface area (Å²) >= 11 is 4.07. The average Bonchev–Trinajstić information content (AvgIpc) is 2.86. The normalized spacial score (nSPS) is 10.4. The number of carboxylic acid groups (broad SMARTS) is 1. The number of thiophene rings is 1. The minimum absolute atomic E-state index is 0.409. The largest absolute Gasteiger partial charge is 0.477 e. The van der Waals surface area contributed by atoms with Crippen molar-refractivity contribution in [3.05, 3.63) is 28.2 Å². The quantitative estimate of drug-likeness (QED) is 0.854. The van der Waals surface area contributed by atoms with Gasteiger partial charge in [0.2, 0.25) is 0 Å². The smallest absolute Gasteiger partial charge is 0.346 e. The SMILES string of the molecule is O=C(O)c1sccc1CSc1ncns1. The van der Waals surface area contributed by atoms with E-state index in [9.17, 15) is 4.79 Å². The van der Waals surface area contributed by atoms with Crippen LogP contribution in [0.15, 0.2) is 22.1 Å². The highest BCUT2D eigenvalue weighted by molar-refractivity contribution is 8.00. The Morgan fingerprint density at radius 3 is 3.13 bits per heavy atom. The number of nitrogens with zero attached hydrogens (tertiary/aromatic N) is 2. The van der Waals surface area contributed by atoms with Crippen LogP contribution >= 0.6 is 34.6 Å². The van der Waals surface area contributed by atoms with Crippen molar-refractivity contribution in [1.29, 1.82) is 0 Å². The maximum absolute atomic E-state index is 10.8. The Morgan fingerprint density at radius 1 is 1.60 bits per heavy atom. The first kappa shape index (κ1) is 10.6. The summed E-state index contributed by atoms with van der Waals surface area (Å²) in [5.41, 5.74) is 0.840. The fourth-order valence-corrected chi connectivity index (χ4v) is 3.29. The van der Waals surface area contributed by atoms with E-state index < -0.39 is 5.97 Å². The van der Waals surface area contributed by atoms with E-state index in [0.717, 1.165) is 9.90 Å². The molecule has 0 amide bonds. The molecule has 2 aromatic heterocycles. The molecule has 0 spiro atoms. The summed E-state index contributed by atoms with van der Waals surface area (Å²) in [4.78, 5) is 15.2. The first-order chi connectivity index (χ1) is 7.27. The van der Waals surface area contributed by atoms with Crippen LogP contribution in [0.1, 0.15) is 15.2 Å². The molecule has 1 N–H and O–H groups in total. The molecule has 2 rings (SSSR count). The van der Waals surface area contributed by atoms with Crippen LogP contribution < -0.4 is 0 Å². The van der Waals surface area contributed by atoms with Gasteiger partial charge in [-0.3, -0.25) is 0 Å². The lowest BCUT2D eigenvalue weighted by Crippen LogP contribution is -1.95. The van der Waals surface area contributed by atoms with Crippen molar-refractivity contribution in [3.63, 3.8) is 0 Å². The van der Waals surface area contributed by atoms with Gasteiger partial charge >= 0.3 is 5.97 Å².